The van der Waals surface area contributed by atoms with Gasteiger partial charge in [-0.1, -0.05) is 0 Å². The maximum absolute atomic E-state index is 11.9. The minimum atomic E-state index is -1.82. The molecule has 0 bridgehead atoms. The summed E-state index contributed by atoms with van der Waals surface area (Å²) in [5.41, 5.74) is 0. The van der Waals surface area contributed by atoms with E-state index in [2.05, 4.69) is 0 Å². The van der Waals surface area contributed by atoms with Crippen molar-refractivity contribution in [3.8, 4) is 0 Å². The van der Waals surface area contributed by atoms with E-state index in [1.54, 1.807) is 6.92 Å². The van der Waals surface area contributed by atoms with Gasteiger partial charge in [0.15, 0.2) is 18.4 Å². The number of aliphatic hydroxyl groups excluding tert-OH is 7. The molecule has 0 spiro atoms. The van der Waals surface area contributed by atoms with E-state index in [0.717, 1.165) is 0 Å². The van der Waals surface area contributed by atoms with E-state index in [1.165, 1.54) is 42.3 Å². The molecule has 3 aliphatic rings. The van der Waals surface area contributed by atoms with Gasteiger partial charge in [-0.25, -0.2) is 0 Å². The van der Waals surface area contributed by atoms with E-state index >= 15 is 0 Å². The highest BCUT2D eigenvalue weighted by Crippen LogP contribution is 2.38. The van der Waals surface area contributed by atoms with Crippen molar-refractivity contribution in [1.82, 2.24) is 0 Å². The summed E-state index contributed by atoms with van der Waals surface area (Å²) in [7, 11) is 5.53. The maximum atomic E-state index is 11.9. The summed E-state index contributed by atoms with van der Waals surface area (Å²) in [4.78, 5) is 0. The van der Waals surface area contributed by atoms with E-state index in [9.17, 15) is 35.7 Å². The molecule has 0 aromatic rings. The van der Waals surface area contributed by atoms with Crippen molar-refractivity contribution in [2.75, 3.05) is 61.5 Å². The molecule has 17 atom stereocenters. The minimum Gasteiger partial charge on any atom is -0.391 e. The predicted molar refractivity (Wildman–Crippen MR) is 156 cm³/mol. The summed E-state index contributed by atoms with van der Waals surface area (Å²) in [5, 5.41) is 74.4. The fourth-order valence-corrected chi connectivity index (χ4v) is 5.83. The van der Waals surface area contributed by atoms with Crippen LogP contribution in [0.5, 0.6) is 0 Å². The maximum Gasteiger partial charge on any atom is 0.195 e. The molecule has 0 amide bonds. The molecule has 278 valence electrons. The van der Waals surface area contributed by atoms with Gasteiger partial charge in [0.2, 0.25) is 0 Å². The Bertz CT molecular complexity index is 901. The Morgan fingerprint density at radius 3 is 1.91 bits per heavy atom. The molecule has 47 heavy (non-hydrogen) atoms. The Labute approximate surface area is 274 Å². The molecule has 18 nitrogen and oxygen atoms in total. The molecule has 0 aromatic carbocycles. The second-order valence-corrected chi connectivity index (χ2v) is 12.2. The van der Waals surface area contributed by atoms with Gasteiger partial charge in [-0.15, -0.1) is 0 Å². The van der Waals surface area contributed by atoms with E-state index in [0.29, 0.717) is 0 Å². The Kier molecular flexibility index (Phi) is 16.0. The van der Waals surface area contributed by atoms with Gasteiger partial charge in [0.05, 0.1) is 45.2 Å². The highest BCUT2D eigenvalue weighted by atomic mass is 16.8. The van der Waals surface area contributed by atoms with Crippen LogP contribution in [0.3, 0.4) is 0 Å². The number of hydrogen-bond acceptors (Lipinski definition) is 18. The molecular weight excluding hydrogens is 636 g/mol. The van der Waals surface area contributed by atoms with Crippen molar-refractivity contribution in [2.24, 2.45) is 0 Å². The van der Waals surface area contributed by atoms with Gasteiger partial charge in [-0.3, -0.25) is 0 Å². The lowest BCUT2D eigenvalue weighted by atomic mass is 9.91. The lowest BCUT2D eigenvalue weighted by Crippen LogP contribution is -2.70. The van der Waals surface area contributed by atoms with Crippen molar-refractivity contribution in [3.63, 3.8) is 0 Å². The topological polar surface area (TPSA) is 243 Å². The van der Waals surface area contributed by atoms with Crippen molar-refractivity contribution >= 4 is 0 Å². The van der Waals surface area contributed by atoms with E-state index < -0.39 is 104 Å². The van der Waals surface area contributed by atoms with Crippen LogP contribution in [-0.4, -0.2) is 201 Å². The summed E-state index contributed by atoms with van der Waals surface area (Å²) in [6, 6.07) is 0. The molecule has 8 unspecified atom stereocenters. The largest absolute Gasteiger partial charge is 0.391 e. The summed E-state index contributed by atoms with van der Waals surface area (Å²) in [6.45, 7) is 4.10. The number of rotatable bonds is 17. The Hall–Kier alpha value is -0.720. The van der Waals surface area contributed by atoms with Crippen LogP contribution in [0, 0.1) is 0 Å². The third-order valence-corrected chi connectivity index (χ3v) is 8.36. The lowest BCUT2D eigenvalue weighted by Gasteiger charge is -2.52. The van der Waals surface area contributed by atoms with Crippen LogP contribution in [-0.2, 0) is 52.1 Å². The SMILES string of the molecule is COCC1O[C@@H](O[C@H]2C(O)C(O)[C@H](O)O[C@H]2COC)[C@@H](OCC(C)OC)C(O)[C@@H]1O[C@]1(C)O[C@@H](COCC(C)O)[C@@H](O)C(O)C1OC. The molecule has 3 heterocycles. The van der Waals surface area contributed by atoms with Gasteiger partial charge in [-0.2, -0.15) is 0 Å². The third-order valence-electron chi connectivity index (χ3n) is 8.36. The fourth-order valence-electron chi connectivity index (χ4n) is 5.83. The number of hydrogen-bond donors (Lipinski definition) is 7. The quantitative estimate of drug-likeness (QED) is 0.0775. The Morgan fingerprint density at radius 2 is 1.34 bits per heavy atom. The van der Waals surface area contributed by atoms with Crippen LogP contribution < -0.4 is 0 Å². The first-order valence-electron chi connectivity index (χ1n) is 15.5. The van der Waals surface area contributed by atoms with Crippen LogP contribution in [0.25, 0.3) is 0 Å². The normalized spacial score (nSPS) is 44.3. The number of methoxy groups -OCH3 is 4. The second kappa shape index (κ2) is 18.5. The molecule has 0 radical (unpaired) electrons. The standard InChI is InChI=1S/C29H54O18/c1-13(30)8-41-12-15-18(31)20(33)26(40-7)29(3,46-15)47-24-17(11-38-5)44-28(25(22(24)35)42-9-14(2)39-6)45-23-16(10-37-4)43-27(36)21(34)19(23)32/h13-28,30-36H,8-12H2,1-7H3/t13?,14?,15-,16-,17?,18+,19?,20?,21?,22?,23+,24+,25-,26?,27+,28-,29-/m0/s1. The van der Waals surface area contributed by atoms with Gasteiger partial charge >= 0.3 is 0 Å². The van der Waals surface area contributed by atoms with Gasteiger partial charge < -0.3 is 87.9 Å². The summed E-state index contributed by atoms with van der Waals surface area (Å²) in [5.74, 6) is -1.82. The van der Waals surface area contributed by atoms with Crippen LogP contribution in [0.4, 0.5) is 0 Å². The molecule has 0 aromatic heterocycles. The molecule has 3 rings (SSSR count). The van der Waals surface area contributed by atoms with Crippen LogP contribution in [0.1, 0.15) is 20.8 Å². The van der Waals surface area contributed by atoms with Gasteiger partial charge in [0, 0.05) is 28.4 Å². The van der Waals surface area contributed by atoms with Crippen LogP contribution >= 0.6 is 0 Å². The average molecular weight is 691 g/mol. The first-order chi connectivity index (χ1) is 22.2. The van der Waals surface area contributed by atoms with E-state index in [4.69, 9.17) is 52.1 Å². The fraction of sp³-hybridized carbons (Fsp3) is 1.00. The first kappa shape index (κ1) is 40.7. The molecule has 18 heteroatoms. The van der Waals surface area contributed by atoms with Gasteiger partial charge in [-0.05, 0) is 20.8 Å². The molecule has 3 aliphatic heterocycles. The van der Waals surface area contributed by atoms with Gasteiger partial charge in [0.25, 0.3) is 0 Å². The number of aliphatic hydroxyl groups is 7. The summed E-state index contributed by atoms with van der Waals surface area (Å²) >= 11 is 0. The van der Waals surface area contributed by atoms with Crippen molar-refractivity contribution < 1.29 is 87.9 Å². The Balaban J connectivity index is 1.93. The zero-order chi connectivity index (χ0) is 35.1. The monoisotopic (exact) mass is 690 g/mol. The second-order valence-electron chi connectivity index (χ2n) is 12.2. The predicted octanol–water partition coefficient (Wildman–Crippen LogP) is -3.76. The average Bonchev–Trinajstić information content (AvgIpc) is 3.02. The van der Waals surface area contributed by atoms with E-state index in [1.807, 2.05) is 0 Å². The highest BCUT2D eigenvalue weighted by molar-refractivity contribution is 5.00. The van der Waals surface area contributed by atoms with Gasteiger partial charge in [0.1, 0.15) is 73.2 Å². The van der Waals surface area contributed by atoms with Crippen molar-refractivity contribution in [1.29, 1.82) is 0 Å². The zero-order valence-corrected chi connectivity index (χ0v) is 27.9. The zero-order valence-electron chi connectivity index (χ0n) is 27.9. The Morgan fingerprint density at radius 1 is 0.702 bits per heavy atom. The number of ether oxygens (including phenoxy) is 11. The molecule has 3 fully saturated rings. The molecule has 7 N–H and O–H groups in total. The van der Waals surface area contributed by atoms with Crippen molar-refractivity contribution in [3.05, 3.63) is 0 Å². The minimum absolute atomic E-state index is 0.0439. The van der Waals surface area contributed by atoms with Crippen molar-refractivity contribution in [2.45, 2.75) is 125 Å². The smallest absolute Gasteiger partial charge is 0.195 e. The molecule has 0 saturated carbocycles. The lowest BCUT2D eigenvalue weighted by molar-refractivity contribution is -0.409. The third kappa shape index (κ3) is 9.96. The van der Waals surface area contributed by atoms with Crippen LogP contribution in [0.15, 0.2) is 0 Å². The molecule has 3 saturated heterocycles. The molecular formula is C29H54O18. The molecule has 0 aliphatic carbocycles. The highest BCUT2D eigenvalue weighted by Gasteiger charge is 2.58. The first-order valence-corrected chi connectivity index (χ1v) is 15.5. The summed E-state index contributed by atoms with van der Waals surface area (Å²) < 4.78 is 63.1. The summed E-state index contributed by atoms with van der Waals surface area (Å²) in [6.07, 6.45) is -20.7. The van der Waals surface area contributed by atoms with E-state index in [-0.39, 0.29) is 33.0 Å². The van der Waals surface area contributed by atoms with Crippen LogP contribution in [0.2, 0.25) is 0 Å².